The average Bonchev–Trinajstić information content (AvgIpc) is 3.51. The molecule has 1 saturated carbocycles. The van der Waals surface area contributed by atoms with E-state index in [1.807, 2.05) is 12.1 Å². The van der Waals surface area contributed by atoms with Crippen LogP contribution in [0.4, 0.5) is 5.69 Å². The Morgan fingerprint density at radius 3 is 2.45 bits per heavy atom. The number of carbonyl (C=O) groups excluding carboxylic acids is 1. The molecule has 0 unspecified atom stereocenters. The van der Waals surface area contributed by atoms with Crippen LogP contribution in [-0.2, 0) is 19.1 Å². The molecule has 2 aromatic carbocycles. The third kappa shape index (κ3) is 5.70. The molecule has 1 atom stereocenters. The van der Waals surface area contributed by atoms with Gasteiger partial charge in [0.05, 0.1) is 11.3 Å². The highest BCUT2D eigenvalue weighted by Gasteiger charge is 2.34. The second-order valence-electron chi connectivity index (χ2n) is 7.72. The van der Waals surface area contributed by atoms with E-state index in [0.29, 0.717) is 41.1 Å². The van der Waals surface area contributed by atoms with Crippen LogP contribution in [0.5, 0.6) is 11.5 Å². The summed E-state index contributed by atoms with van der Waals surface area (Å²) < 4.78 is 37.9. The summed E-state index contributed by atoms with van der Waals surface area (Å²) in [6.45, 7) is 0.453. The number of halogens is 1. The summed E-state index contributed by atoms with van der Waals surface area (Å²) >= 11 is 6.28. The molecule has 2 aromatic rings. The Labute approximate surface area is 187 Å². The number of hydrogen-bond acceptors (Lipinski definition) is 6. The second-order valence-corrected chi connectivity index (χ2v) is 9.77. The van der Waals surface area contributed by atoms with E-state index in [1.165, 1.54) is 18.4 Å². The van der Waals surface area contributed by atoms with Gasteiger partial charge in [-0.05, 0) is 54.7 Å². The lowest BCUT2D eigenvalue weighted by Crippen LogP contribution is -2.32. The lowest BCUT2D eigenvalue weighted by Gasteiger charge is -2.18. The minimum Gasteiger partial charge on any atom is -0.490 e. The van der Waals surface area contributed by atoms with Crippen molar-refractivity contribution in [1.29, 1.82) is 0 Å². The van der Waals surface area contributed by atoms with E-state index in [1.54, 1.807) is 23.1 Å². The molecule has 1 aliphatic heterocycles. The SMILES string of the molecule is CS(=O)(=O)OCCOc1ccc(N2CC[C@@H](Oc3ccc(C4CC4)cc3)C2=O)cc1Cl. The zero-order chi connectivity index (χ0) is 22.0. The molecule has 0 bridgehead atoms. The Morgan fingerprint density at radius 1 is 1.06 bits per heavy atom. The van der Waals surface area contributed by atoms with E-state index >= 15 is 0 Å². The van der Waals surface area contributed by atoms with E-state index < -0.39 is 16.2 Å². The third-order valence-corrected chi connectivity index (χ3v) is 6.12. The van der Waals surface area contributed by atoms with Crippen LogP contribution in [0.2, 0.25) is 5.02 Å². The molecule has 4 rings (SSSR count). The van der Waals surface area contributed by atoms with Gasteiger partial charge in [-0.25, -0.2) is 0 Å². The monoisotopic (exact) mass is 465 g/mol. The average molecular weight is 466 g/mol. The lowest BCUT2D eigenvalue weighted by atomic mass is 10.1. The van der Waals surface area contributed by atoms with Crippen LogP contribution in [-0.4, -0.2) is 46.4 Å². The molecule has 2 fully saturated rings. The van der Waals surface area contributed by atoms with Gasteiger partial charge in [0, 0.05) is 18.7 Å². The highest BCUT2D eigenvalue weighted by Crippen LogP contribution is 2.40. The smallest absolute Gasteiger partial charge is 0.268 e. The first-order chi connectivity index (χ1) is 14.8. The summed E-state index contributed by atoms with van der Waals surface area (Å²) in [7, 11) is -3.51. The number of nitrogens with zero attached hydrogens (tertiary/aromatic N) is 1. The molecule has 2 aliphatic rings. The number of carbonyl (C=O) groups is 1. The van der Waals surface area contributed by atoms with Crippen molar-refractivity contribution in [2.24, 2.45) is 0 Å². The summed E-state index contributed by atoms with van der Waals surface area (Å²) in [5.41, 5.74) is 1.98. The van der Waals surface area contributed by atoms with Gasteiger partial charge in [-0.2, -0.15) is 8.42 Å². The quantitative estimate of drug-likeness (QED) is 0.414. The van der Waals surface area contributed by atoms with E-state index in [2.05, 4.69) is 16.3 Å². The van der Waals surface area contributed by atoms with Gasteiger partial charge >= 0.3 is 0 Å². The molecule has 9 heteroatoms. The zero-order valence-electron chi connectivity index (χ0n) is 17.1. The van der Waals surface area contributed by atoms with Crippen molar-refractivity contribution < 1.29 is 26.9 Å². The van der Waals surface area contributed by atoms with Gasteiger partial charge in [0.2, 0.25) is 0 Å². The predicted octanol–water partition coefficient (Wildman–Crippen LogP) is 3.76. The molecule has 7 nitrogen and oxygen atoms in total. The topological polar surface area (TPSA) is 82.1 Å². The number of hydrogen-bond donors (Lipinski definition) is 0. The molecule has 0 aromatic heterocycles. The number of ether oxygens (including phenoxy) is 2. The van der Waals surface area contributed by atoms with Crippen molar-refractivity contribution in [2.75, 3.05) is 30.9 Å². The maximum absolute atomic E-state index is 12.8. The molecule has 31 heavy (non-hydrogen) atoms. The van der Waals surface area contributed by atoms with E-state index in [9.17, 15) is 13.2 Å². The van der Waals surface area contributed by atoms with Crippen molar-refractivity contribution in [3.63, 3.8) is 0 Å². The predicted molar refractivity (Wildman–Crippen MR) is 118 cm³/mol. The molecule has 0 N–H and O–H groups in total. The first kappa shape index (κ1) is 21.9. The Hall–Kier alpha value is -2.29. The minimum absolute atomic E-state index is 0.0320. The summed E-state index contributed by atoms with van der Waals surface area (Å²) in [4.78, 5) is 14.5. The van der Waals surface area contributed by atoms with Crippen molar-refractivity contribution in [1.82, 2.24) is 0 Å². The fraction of sp³-hybridized carbons (Fsp3) is 0.409. The van der Waals surface area contributed by atoms with Gasteiger partial charge in [0.25, 0.3) is 16.0 Å². The zero-order valence-corrected chi connectivity index (χ0v) is 18.7. The van der Waals surface area contributed by atoms with E-state index in [0.717, 1.165) is 6.26 Å². The summed E-state index contributed by atoms with van der Waals surface area (Å²) in [5.74, 6) is 1.65. The van der Waals surface area contributed by atoms with E-state index in [4.69, 9.17) is 21.1 Å². The van der Waals surface area contributed by atoms with Crippen LogP contribution < -0.4 is 14.4 Å². The fourth-order valence-electron chi connectivity index (χ4n) is 3.53. The first-order valence-corrected chi connectivity index (χ1v) is 12.3. The Morgan fingerprint density at radius 2 is 1.81 bits per heavy atom. The minimum atomic E-state index is -3.51. The van der Waals surface area contributed by atoms with Crippen molar-refractivity contribution >= 4 is 33.3 Å². The van der Waals surface area contributed by atoms with Crippen LogP contribution in [0.1, 0.15) is 30.7 Å². The molecule has 1 saturated heterocycles. The number of amides is 1. The van der Waals surface area contributed by atoms with Crippen LogP contribution in [0.25, 0.3) is 0 Å². The molecule has 0 radical (unpaired) electrons. The highest BCUT2D eigenvalue weighted by atomic mass is 35.5. The lowest BCUT2D eigenvalue weighted by molar-refractivity contribution is -0.122. The highest BCUT2D eigenvalue weighted by molar-refractivity contribution is 7.85. The van der Waals surface area contributed by atoms with Gasteiger partial charge in [0.1, 0.15) is 24.7 Å². The standard InChI is InChI=1S/C22H24ClNO6S/c1-31(26,27)29-13-12-28-20-9-6-17(14-19(20)23)24-11-10-21(22(24)25)30-18-7-4-16(5-8-18)15-2-3-15/h4-9,14-15,21H,2-3,10-13H2,1H3/t21-/m1/s1. The van der Waals surface area contributed by atoms with Gasteiger partial charge in [-0.15, -0.1) is 0 Å². The summed E-state index contributed by atoms with van der Waals surface area (Å²) in [6.07, 6.45) is 3.52. The van der Waals surface area contributed by atoms with Gasteiger partial charge < -0.3 is 14.4 Å². The first-order valence-electron chi connectivity index (χ1n) is 10.1. The molecule has 1 aliphatic carbocycles. The molecule has 1 heterocycles. The molecular weight excluding hydrogens is 442 g/mol. The molecule has 166 valence electrons. The van der Waals surface area contributed by atoms with Gasteiger partial charge in [0.15, 0.2) is 6.10 Å². The normalized spacial score (nSPS) is 19.0. The van der Waals surface area contributed by atoms with Crippen LogP contribution >= 0.6 is 11.6 Å². The van der Waals surface area contributed by atoms with Crippen LogP contribution in [0.3, 0.4) is 0 Å². The second kappa shape index (κ2) is 9.06. The number of rotatable bonds is 9. The Balaban J connectivity index is 1.34. The summed E-state index contributed by atoms with van der Waals surface area (Å²) in [6, 6.07) is 13.0. The number of benzene rings is 2. The fourth-order valence-corrected chi connectivity index (χ4v) is 4.13. The van der Waals surface area contributed by atoms with Crippen molar-refractivity contribution in [3.05, 3.63) is 53.1 Å². The third-order valence-electron chi connectivity index (χ3n) is 5.23. The largest absolute Gasteiger partial charge is 0.490 e. The maximum Gasteiger partial charge on any atom is 0.268 e. The Bertz CT molecular complexity index is 1050. The van der Waals surface area contributed by atoms with Crippen LogP contribution in [0, 0.1) is 0 Å². The molecular formula is C22H24ClNO6S. The van der Waals surface area contributed by atoms with Crippen molar-refractivity contribution in [2.45, 2.75) is 31.3 Å². The summed E-state index contributed by atoms with van der Waals surface area (Å²) in [5, 5.41) is 0.324. The van der Waals surface area contributed by atoms with Crippen LogP contribution in [0.15, 0.2) is 42.5 Å². The van der Waals surface area contributed by atoms with Crippen molar-refractivity contribution in [3.8, 4) is 11.5 Å². The Kier molecular flexibility index (Phi) is 6.41. The van der Waals surface area contributed by atoms with E-state index in [-0.39, 0.29) is 19.1 Å². The van der Waals surface area contributed by atoms with Gasteiger partial charge in [-0.1, -0.05) is 23.7 Å². The molecule has 1 amide bonds. The van der Waals surface area contributed by atoms with Gasteiger partial charge in [-0.3, -0.25) is 8.98 Å². The molecule has 0 spiro atoms. The number of anilines is 1. The maximum atomic E-state index is 12.8.